The molecule has 0 fully saturated rings. The van der Waals surface area contributed by atoms with E-state index >= 15 is 0 Å². The fraction of sp³-hybridized carbons (Fsp3) is 0.350. The maximum Gasteiger partial charge on any atom is 0.218 e. The summed E-state index contributed by atoms with van der Waals surface area (Å²) in [7, 11) is 0. The van der Waals surface area contributed by atoms with Crippen LogP contribution < -0.4 is 4.74 Å². The zero-order chi connectivity index (χ0) is 17.2. The molecule has 2 rings (SSSR count). The Morgan fingerprint density at radius 1 is 0.875 bits per heavy atom. The van der Waals surface area contributed by atoms with Crippen molar-refractivity contribution in [2.75, 3.05) is 13.2 Å². The molecule has 0 bridgehead atoms. The third kappa shape index (κ3) is 5.80. The predicted octanol–water partition coefficient (Wildman–Crippen LogP) is 3.78. The number of ketones is 1. The summed E-state index contributed by atoms with van der Waals surface area (Å²) in [6.07, 6.45) is -0.502. The van der Waals surface area contributed by atoms with Crippen LogP contribution in [0, 0.1) is 0 Å². The number of Topliss-reactive ketones (excluding diaryl/α,β-unsaturated/α-hetero) is 1. The zero-order valence-electron chi connectivity index (χ0n) is 14.2. The fourth-order valence-corrected chi connectivity index (χ4v) is 2.27. The molecule has 2 aromatic rings. The number of carbonyl (C=O) groups excluding carboxylic acids is 1. The van der Waals surface area contributed by atoms with Crippen LogP contribution in [0.5, 0.6) is 5.75 Å². The van der Waals surface area contributed by atoms with Crippen LogP contribution in [0.25, 0.3) is 0 Å². The largest absolute Gasteiger partial charge is 0.489 e. The summed E-state index contributed by atoms with van der Waals surface area (Å²) in [6.45, 7) is 5.11. The van der Waals surface area contributed by atoms with Gasteiger partial charge in [0.2, 0.25) is 6.29 Å². The van der Waals surface area contributed by atoms with Crippen LogP contribution in [0.15, 0.2) is 54.6 Å². The van der Waals surface area contributed by atoms with Gasteiger partial charge < -0.3 is 14.2 Å². The Hall–Kier alpha value is -2.17. The summed E-state index contributed by atoms with van der Waals surface area (Å²) in [4.78, 5) is 12.2. The summed E-state index contributed by atoms with van der Waals surface area (Å²) >= 11 is 0. The highest BCUT2D eigenvalue weighted by atomic mass is 16.7. The molecular weight excluding hydrogens is 304 g/mol. The molecule has 0 heterocycles. The third-order valence-electron chi connectivity index (χ3n) is 3.45. The van der Waals surface area contributed by atoms with E-state index in [1.165, 1.54) is 0 Å². The van der Waals surface area contributed by atoms with Gasteiger partial charge in [-0.1, -0.05) is 42.5 Å². The van der Waals surface area contributed by atoms with Gasteiger partial charge in [0, 0.05) is 19.6 Å². The number of hydrogen-bond acceptors (Lipinski definition) is 4. The predicted molar refractivity (Wildman–Crippen MR) is 93.0 cm³/mol. The van der Waals surface area contributed by atoms with Gasteiger partial charge in [0.1, 0.15) is 12.4 Å². The third-order valence-corrected chi connectivity index (χ3v) is 3.45. The highest BCUT2D eigenvalue weighted by molar-refractivity contribution is 5.84. The first kappa shape index (κ1) is 18.2. The number of benzene rings is 2. The van der Waals surface area contributed by atoms with Crippen molar-refractivity contribution in [1.29, 1.82) is 0 Å². The van der Waals surface area contributed by atoms with Crippen molar-refractivity contribution < 1.29 is 19.0 Å². The molecule has 0 amide bonds. The maximum absolute atomic E-state index is 12.2. The van der Waals surface area contributed by atoms with E-state index in [1.54, 1.807) is 0 Å². The van der Waals surface area contributed by atoms with E-state index in [-0.39, 0.29) is 12.2 Å². The second-order valence-corrected chi connectivity index (χ2v) is 5.30. The summed E-state index contributed by atoms with van der Waals surface area (Å²) in [6, 6.07) is 17.5. The lowest BCUT2D eigenvalue weighted by molar-refractivity contribution is -0.167. The van der Waals surface area contributed by atoms with E-state index in [0.29, 0.717) is 19.8 Å². The highest BCUT2D eigenvalue weighted by Crippen LogP contribution is 2.15. The van der Waals surface area contributed by atoms with Gasteiger partial charge in [-0.25, -0.2) is 0 Å². The van der Waals surface area contributed by atoms with Crippen LogP contribution in [0.4, 0.5) is 0 Å². The van der Waals surface area contributed by atoms with Crippen molar-refractivity contribution in [1.82, 2.24) is 0 Å². The molecule has 0 unspecified atom stereocenters. The van der Waals surface area contributed by atoms with Crippen LogP contribution in [-0.2, 0) is 27.3 Å². The van der Waals surface area contributed by atoms with Crippen LogP contribution in [0.3, 0.4) is 0 Å². The van der Waals surface area contributed by atoms with Crippen LogP contribution in [-0.4, -0.2) is 25.3 Å². The Bertz CT molecular complexity index is 601. The SMILES string of the molecule is CCOC(OCC)C(=O)Cc1ccc(OCc2ccccc2)cc1. The molecule has 0 atom stereocenters. The molecule has 0 spiro atoms. The molecule has 4 nitrogen and oxygen atoms in total. The summed E-state index contributed by atoms with van der Waals surface area (Å²) in [5.74, 6) is 0.706. The minimum Gasteiger partial charge on any atom is -0.489 e. The molecule has 4 heteroatoms. The van der Waals surface area contributed by atoms with Crippen molar-refractivity contribution in [3.05, 3.63) is 65.7 Å². The average molecular weight is 328 g/mol. The molecule has 0 saturated heterocycles. The first-order valence-electron chi connectivity index (χ1n) is 8.24. The van der Waals surface area contributed by atoms with Gasteiger partial charge in [-0.15, -0.1) is 0 Å². The quantitative estimate of drug-likeness (QED) is 0.623. The van der Waals surface area contributed by atoms with Gasteiger partial charge in [-0.05, 0) is 37.1 Å². The van der Waals surface area contributed by atoms with Gasteiger partial charge in [-0.2, -0.15) is 0 Å². The number of ether oxygens (including phenoxy) is 3. The van der Waals surface area contributed by atoms with Crippen molar-refractivity contribution in [2.45, 2.75) is 33.2 Å². The van der Waals surface area contributed by atoms with Gasteiger partial charge in [-0.3, -0.25) is 4.79 Å². The molecule has 0 aliphatic carbocycles. The van der Waals surface area contributed by atoms with Crippen LogP contribution in [0.2, 0.25) is 0 Å². The highest BCUT2D eigenvalue weighted by Gasteiger charge is 2.18. The second kappa shape index (κ2) is 9.85. The van der Waals surface area contributed by atoms with Crippen molar-refractivity contribution >= 4 is 5.78 Å². The molecule has 2 aromatic carbocycles. The van der Waals surface area contributed by atoms with Crippen molar-refractivity contribution in [3.8, 4) is 5.75 Å². The Morgan fingerprint density at radius 2 is 1.50 bits per heavy atom. The molecular formula is C20H24O4. The average Bonchev–Trinajstić information content (AvgIpc) is 2.62. The summed E-state index contributed by atoms with van der Waals surface area (Å²) in [5.41, 5.74) is 2.03. The van der Waals surface area contributed by atoms with E-state index in [1.807, 2.05) is 68.4 Å². The molecule has 0 N–H and O–H groups in total. The lowest BCUT2D eigenvalue weighted by Gasteiger charge is -2.15. The molecule has 0 aliphatic heterocycles. The van der Waals surface area contributed by atoms with Gasteiger partial charge in [0.25, 0.3) is 0 Å². The number of rotatable bonds is 10. The Kier molecular flexibility index (Phi) is 7.46. The second-order valence-electron chi connectivity index (χ2n) is 5.30. The Balaban J connectivity index is 1.88. The monoisotopic (exact) mass is 328 g/mol. The molecule has 0 aliphatic rings. The number of carbonyl (C=O) groups is 1. The standard InChI is InChI=1S/C20H24O4/c1-3-22-20(23-4-2)19(21)14-16-10-12-18(13-11-16)24-15-17-8-6-5-7-9-17/h5-13,20H,3-4,14-15H2,1-2H3. The smallest absolute Gasteiger partial charge is 0.218 e. The minimum atomic E-state index is -0.783. The first-order chi connectivity index (χ1) is 11.7. The van der Waals surface area contributed by atoms with E-state index < -0.39 is 6.29 Å². The lowest BCUT2D eigenvalue weighted by atomic mass is 10.1. The van der Waals surface area contributed by atoms with Crippen molar-refractivity contribution in [3.63, 3.8) is 0 Å². The summed E-state index contributed by atoms with van der Waals surface area (Å²) < 4.78 is 16.4. The van der Waals surface area contributed by atoms with E-state index in [2.05, 4.69) is 0 Å². The van der Waals surface area contributed by atoms with E-state index in [4.69, 9.17) is 14.2 Å². The van der Waals surface area contributed by atoms with Crippen molar-refractivity contribution in [2.24, 2.45) is 0 Å². The summed E-state index contributed by atoms with van der Waals surface area (Å²) in [5, 5.41) is 0. The molecule has 0 aromatic heterocycles. The topological polar surface area (TPSA) is 44.8 Å². The van der Waals surface area contributed by atoms with E-state index in [9.17, 15) is 4.79 Å². The van der Waals surface area contributed by atoms with Gasteiger partial charge >= 0.3 is 0 Å². The molecule has 128 valence electrons. The van der Waals surface area contributed by atoms with E-state index in [0.717, 1.165) is 16.9 Å². The fourth-order valence-electron chi connectivity index (χ4n) is 2.27. The van der Waals surface area contributed by atoms with Gasteiger partial charge in [0.15, 0.2) is 5.78 Å². The van der Waals surface area contributed by atoms with Crippen LogP contribution in [0.1, 0.15) is 25.0 Å². The maximum atomic E-state index is 12.2. The normalized spacial score (nSPS) is 10.8. The lowest BCUT2D eigenvalue weighted by Crippen LogP contribution is -2.29. The molecule has 24 heavy (non-hydrogen) atoms. The minimum absolute atomic E-state index is 0.0725. The molecule has 0 saturated carbocycles. The molecule has 0 radical (unpaired) electrons. The first-order valence-corrected chi connectivity index (χ1v) is 8.24. The van der Waals surface area contributed by atoms with Gasteiger partial charge in [0.05, 0.1) is 0 Å². The zero-order valence-corrected chi connectivity index (χ0v) is 14.2. The Morgan fingerprint density at radius 3 is 2.08 bits per heavy atom. The Labute approximate surface area is 143 Å². The number of hydrogen-bond donors (Lipinski definition) is 0. The van der Waals surface area contributed by atoms with Crippen LogP contribution >= 0.6 is 0 Å².